The highest BCUT2D eigenvalue weighted by Gasteiger charge is 2.04. The van der Waals surface area contributed by atoms with Crippen molar-refractivity contribution >= 4 is 17.8 Å². The van der Waals surface area contributed by atoms with Gasteiger partial charge in [-0.1, -0.05) is 96.8 Å². The molecule has 0 aliphatic rings. The Labute approximate surface area is 243 Å². The van der Waals surface area contributed by atoms with E-state index in [1.54, 1.807) is 0 Å². The monoisotopic (exact) mass is 573 g/mol. The molecule has 0 aromatic rings. The van der Waals surface area contributed by atoms with Gasteiger partial charge in [-0.2, -0.15) is 0 Å². The maximum atomic E-state index is 11.8. The minimum Gasteiger partial charge on any atom is -0.481 e. The summed E-state index contributed by atoms with van der Waals surface area (Å²) in [7, 11) is 0. The highest BCUT2D eigenvalue weighted by atomic mass is 16.6. The number of unbranched alkanes of at least 4 members (excludes halogenated alkanes) is 14. The Balaban J connectivity index is 3.20. The molecule has 9 heteroatoms. The van der Waals surface area contributed by atoms with Crippen LogP contribution in [0.25, 0.3) is 0 Å². The molecule has 0 saturated carbocycles. The second-order valence-corrected chi connectivity index (χ2v) is 10.4. The summed E-state index contributed by atoms with van der Waals surface area (Å²) in [6, 6.07) is 0. The van der Waals surface area contributed by atoms with Gasteiger partial charge in [-0.25, -0.2) is 0 Å². The van der Waals surface area contributed by atoms with Gasteiger partial charge < -0.3 is 29.4 Å². The molecule has 236 valence electrons. The van der Waals surface area contributed by atoms with Gasteiger partial charge in [0.25, 0.3) is 0 Å². The summed E-state index contributed by atoms with van der Waals surface area (Å²) in [6.45, 7) is 5.61. The largest absolute Gasteiger partial charge is 0.481 e. The van der Waals surface area contributed by atoms with Crippen molar-refractivity contribution in [3.8, 4) is 0 Å². The van der Waals surface area contributed by atoms with Crippen LogP contribution in [0.15, 0.2) is 0 Å². The summed E-state index contributed by atoms with van der Waals surface area (Å²) >= 11 is 0. The first kappa shape index (κ1) is 38.3. The van der Waals surface area contributed by atoms with Gasteiger partial charge in [0.1, 0.15) is 6.61 Å². The fraction of sp³-hybridized carbons (Fsp3) is 0.903. The smallest absolute Gasteiger partial charge is 0.305 e. The van der Waals surface area contributed by atoms with Crippen LogP contribution in [0.2, 0.25) is 0 Å². The molecule has 2 N–H and O–H groups in total. The van der Waals surface area contributed by atoms with Crippen molar-refractivity contribution in [1.29, 1.82) is 0 Å². The van der Waals surface area contributed by atoms with E-state index in [1.807, 2.05) is 0 Å². The number of hydrogen-bond acceptors (Lipinski definition) is 7. The number of aliphatic carboxylic acids is 1. The molecule has 1 amide bonds. The lowest BCUT2D eigenvalue weighted by Crippen LogP contribution is -2.25. The van der Waals surface area contributed by atoms with E-state index >= 15 is 0 Å². The summed E-state index contributed by atoms with van der Waals surface area (Å²) in [6.07, 6.45) is 20.6. The summed E-state index contributed by atoms with van der Waals surface area (Å²) < 4.78 is 21.5. The first-order chi connectivity index (χ1) is 19.6. The minimum atomic E-state index is -0.979. The van der Waals surface area contributed by atoms with Gasteiger partial charge in [0, 0.05) is 26.0 Å². The number of esters is 1. The molecule has 0 unspecified atom stereocenters. The third kappa shape index (κ3) is 32.5. The summed E-state index contributed by atoms with van der Waals surface area (Å²) in [5, 5.41) is 11.2. The Morgan fingerprint density at radius 1 is 0.525 bits per heavy atom. The third-order valence-corrected chi connectivity index (χ3v) is 6.57. The average Bonchev–Trinajstić information content (AvgIpc) is 2.94. The maximum absolute atomic E-state index is 11.8. The maximum Gasteiger partial charge on any atom is 0.305 e. The number of ether oxygens (including phenoxy) is 4. The molecule has 0 aromatic carbocycles. The lowest BCUT2D eigenvalue weighted by Gasteiger charge is -2.08. The van der Waals surface area contributed by atoms with Gasteiger partial charge in [-0.05, 0) is 12.8 Å². The van der Waals surface area contributed by atoms with Crippen LogP contribution in [0.3, 0.4) is 0 Å². The lowest BCUT2D eigenvalue weighted by molar-refractivity contribution is -0.145. The van der Waals surface area contributed by atoms with E-state index in [0.717, 1.165) is 12.8 Å². The van der Waals surface area contributed by atoms with E-state index in [4.69, 9.17) is 24.1 Å². The van der Waals surface area contributed by atoms with Gasteiger partial charge >= 0.3 is 11.9 Å². The molecule has 0 spiro atoms. The molecule has 0 aromatic heterocycles. The zero-order valence-electron chi connectivity index (χ0n) is 25.4. The predicted molar refractivity (Wildman–Crippen MR) is 157 cm³/mol. The number of carboxylic acid groups (broad SMARTS) is 1. The van der Waals surface area contributed by atoms with Crippen LogP contribution in [0, 0.1) is 0 Å². The Bertz CT molecular complexity index is 588. The van der Waals surface area contributed by atoms with Crippen molar-refractivity contribution in [2.75, 3.05) is 52.8 Å². The normalized spacial score (nSPS) is 11.0. The molecular weight excluding hydrogens is 514 g/mol. The standard InChI is InChI=1S/C31H59NO8/c1-2-3-4-5-6-7-8-9-10-11-12-13-14-15-16-18-31(36)40-28-27-39-26-25-38-24-23-37-22-17-21-32-29(33)19-20-30(34)35/h2-28H2,1H3,(H,32,33)(H,34,35). The number of nitrogens with one attached hydrogen (secondary N) is 1. The van der Waals surface area contributed by atoms with Crippen molar-refractivity contribution in [3.63, 3.8) is 0 Å². The lowest BCUT2D eigenvalue weighted by atomic mass is 10.0. The average molecular weight is 574 g/mol. The van der Waals surface area contributed by atoms with E-state index in [2.05, 4.69) is 12.2 Å². The molecule has 0 rings (SSSR count). The van der Waals surface area contributed by atoms with Gasteiger partial charge in [0.05, 0.1) is 39.5 Å². The highest BCUT2D eigenvalue weighted by molar-refractivity contribution is 5.80. The van der Waals surface area contributed by atoms with Crippen molar-refractivity contribution in [2.24, 2.45) is 0 Å². The van der Waals surface area contributed by atoms with Gasteiger partial charge in [-0.15, -0.1) is 0 Å². The minimum absolute atomic E-state index is 0.00586. The topological polar surface area (TPSA) is 120 Å². The summed E-state index contributed by atoms with van der Waals surface area (Å²) in [5.41, 5.74) is 0. The summed E-state index contributed by atoms with van der Waals surface area (Å²) in [5.74, 6) is -1.39. The van der Waals surface area contributed by atoms with Crippen LogP contribution in [-0.2, 0) is 33.3 Å². The number of carbonyl (C=O) groups is 3. The fourth-order valence-corrected chi connectivity index (χ4v) is 4.18. The molecule has 9 nitrogen and oxygen atoms in total. The van der Waals surface area contributed by atoms with E-state index in [-0.39, 0.29) is 31.3 Å². The highest BCUT2D eigenvalue weighted by Crippen LogP contribution is 2.13. The van der Waals surface area contributed by atoms with Crippen LogP contribution < -0.4 is 5.32 Å². The van der Waals surface area contributed by atoms with E-state index in [0.29, 0.717) is 59.0 Å². The molecular formula is C31H59NO8. The number of carboxylic acids is 1. The van der Waals surface area contributed by atoms with Crippen LogP contribution in [0.1, 0.15) is 129 Å². The molecule has 0 fully saturated rings. The molecule has 0 heterocycles. The van der Waals surface area contributed by atoms with Crippen molar-refractivity contribution in [2.45, 2.75) is 129 Å². The van der Waals surface area contributed by atoms with E-state index in [1.165, 1.54) is 83.5 Å². The van der Waals surface area contributed by atoms with Crippen molar-refractivity contribution < 1.29 is 38.4 Å². The number of rotatable bonds is 32. The van der Waals surface area contributed by atoms with Crippen LogP contribution in [-0.4, -0.2) is 75.7 Å². The second kappa shape index (κ2) is 31.8. The Hall–Kier alpha value is -1.71. The fourth-order valence-electron chi connectivity index (χ4n) is 4.18. The van der Waals surface area contributed by atoms with E-state index in [9.17, 15) is 14.4 Å². The second-order valence-electron chi connectivity index (χ2n) is 10.4. The molecule has 0 aliphatic heterocycles. The third-order valence-electron chi connectivity index (χ3n) is 6.57. The Morgan fingerprint density at radius 2 is 0.975 bits per heavy atom. The van der Waals surface area contributed by atoms with Gasteiger partial charge in [-0.3, -0.25) is 14.4 Å². The van der Waals surface area contributed by atoms with Crippen molar-refractivity contribution in [3.05, 3.63) is 0 Å². The quantitative estimate of drug-likeness (QED) is 0.0720. The zero-order valence-corrected chi connectivity index (χ0v) is 25.4. The van der Waals surface area contributed by atoms with Crippen LogP contribution in [0.4, 0.5) is 0 Å². The first-order valence-corrected chi connectivity index (χ1v) is 15.9. The molecule has 40 heavy (non-hydrogen) atoms. The predicted octanol–water partition coefficient (Wildman–Crippen LogP) is 6.21. The first-order valence-electron chi connectivity index (χ1n) is 15.9. The molecule has 0 radical (unpaired) electrons. The number of carbonyl (C=O) groups excluding carboxylic acids is 2. The van der Waals surface area contributed by atoms with E-state index < -0.39 is 5.97 Å². The Kier molecular flexibility index (Phi) is 30.5. The Morgan fingerprint density at radius 3 is 1.48 bits per heavy atom. The number of hydrogen-bond donors (Lipinski definition) is 2. The van der Waals surface area contributed by atoms with Crippen LogP contribution in [0.5, 0.6) is 0 Å². The molecule has 0 saturated heterocycles. The van der Waals surface area contributed by atoms with Crippen LogP contribution >= 0.6 is 0 Å². The number of amides is 1. The van der Waals surface area contributed by atoms with Crippen molar-refractivity contribution in [1.82, 2.24) is 5.32 Å². The van der Waals surface area contributed by atoms with Gasteiger partial charge in [0.2, 0.25) is 5.91 Å². The van der Waals surface area contributed by atoms with Gasteiger partial charge in [0.15, 0.2) is 0 Å². The zero-order chi connectivity index (χ0) is 29.4. The molecule has 0 bridgehead atoms. The molecule has 0 atom stereocenters. The SMILES string of the molecule is CCCCCCCCCCCCCCCCCC(=O)OCCOCCOCCOCCCNC(=O)CCC(=O)O. The summed E-state index contributed by atoms with van der Waals surface area (Å²) in [4.78, 5) is 33.5. The molecule has 0 aliphatic carbocycles.